The Balaban J connectivity index is 2.40. The molecule has 0 radical (unpaired) electrons. The summed E-state index contributed by atoms with van der Waals surface area (Å²) in [6, 6.07) is 5.86. The molecule has 22 heavy (non-hydrogen) atoms. The van der Waals surface area contributed by atoms with Crippen molar-refractivity contribution in [2.75, 3.05) is 0 Å². The lowest BCUT2D eigenvalue weighted by molar-refractivity contribution is 0.0681. The van der Waals surface area contributed by atoms with Gasteiger partial charge in [-0.3, -0.25) is 4.79 Å². The smallest absolute Gasteiger partial charge is 0.343 e. The zero-order chi connectivity index (χ0) is 16.4. The maximum atomic E-state index is 12.8. The lowest BCUT2D eigenvalue weighted by Crippen LogP contribution is -2.03. The lowest BCUT2D eigenvalue weighted by atomic mass is 10.1. The monoisotopic (exact) mass is 310 g/mol. The molecule has 0 aliphatic heterocycles. The molecule has 2 rings (SSSR count). The molecule has 0 saturated carbocycles. The molecule has 0 aliphatic carbocycles. The van der Waals surface area contributed by atoms with E-state index in [1.807, 2.05) is 0 Å². The minimum atomic E-state index is -3.03. The summed E-state index contributed by atoms with van der Waals surface area (Å²) in [5.74, 6) is -1.80. The Bertz CT molecular complexity index is 723. The van der Waals surface area contributed by atoms with E-state index in [0.29, 0.717) is 5.56 Å². The van der Waals surface area contributed by atoms with Gasteiger partial charge in [0.05, 0.1) is 0 Å². The highest BCUT2D eigenvalue weighted by atomic mass is 19.3. The van der Waals surface area contributed by atoms with Crippen molar-refractivity contribution in [3.8, 4) is 11.6 Å². The first-order valence-electron chi connectivity index (χ1n) is 6.18. The Kier molecular flexibility index (Phi) is 4.20. The Labute approximate surface area is 123 Å². The molecule has 0 spiro atoms. The van der Waals surface area contributed by atoms with Crippen molar-refractivity contribution in [2.24, 2.45) is 7.05 Å². The molecular weight excluding hydrogens is 298 g/mol. The van der Waals surface area contributed by atoms with Gasteiger partial charge in [0.1, 0.15) is 11.4 Å². The van der Waals surface area contributed by atoms with Gasteiger partial charge in [0.2, 0.25) is 5.88 Å². The fourth-order valence-electron chi connectivity index (χ4n) is 1.87. The van der Waals surface area contributed by atoms with Crippen molar-refractivity contribution in [2.45, 2.75) is 13.3 Å². The zero-order valence-electron chi connectivity index (χ0n) is 11.7. The molecule has 0 unspecified atom stereocenters. The van der Waals surface area contributed by atoms with E-state index in [9.17, 15) is 18.4 Å². The van der Waals surface area contributed by atoms with E-state index in [-0.39, 0.29) is 17.4 Å². The van der Waals surface area contributed by atoms with Gasteiger partial charge in [-0.1, -0.05) is 0 Å². The van der Waals surface area contributed by atoms with Gasteiger partial charge in [-0.25, -0.2) is 18.3 Å². The Morgan fingerprint density at radius 1 is 1.27 bits per heavy atom. The first kappa shape index (κ1) is 15.6. The Hall–Kier alpha value is -2.77. The summed E-state index contributed by atoms with van der Waals surface area (Å²) in [7, 11) is 1.30. The van der Waals surface area contributed by atoms with Crippen molar-refractivity contribution >= 4 is 11.8 Å². The number of aromatic nitrogens is 2. The molecule has 0 amide bonds. The van der Waals surface area contributed by atoms with E-state index < -0.39 is 23.7 Å². The third kappa shape index (κ3) is 2.95. The second-order valence-electron chi connectivity index (χ2n) is 4.48. The molecule has 0 bridgehead atoms. The normalized spacial score (nSPS) is 10.8. The van der Waals surface area contributed by atoms with E-state index in [0.717, 1.165) is 4.68 Å². The van der Waals surface area contributed by atoms with Crippen LogP contribution in [0.2, 0.25) is 0 Å². The number of halogens is 2. The largest absolute Gasteiger partial charge is 0.477 e. The number of ether oxygens (including phenoxy) is 1. The fraction of sp³-hybridized carbons (Fsp3) is 0.214. The number of rotatable bonds is 5. The summed E-state index contributed by atoms with van der Waals surface area (Å²) in [6.45, 7) is 1.40. The van der Waals surface area contributed by atoms with Gasteiger partial charge >= 0.3 is 5.97 Å². The number of nitrogens with zero attached hydrogens (tertiary/aromatic N) is 2. The lowest BCUT2D eigenvalue weighted by Gasteiger charge is -2.07. The van der Waals surface area contributed by atoms with Crippen molar-refractivity contribution in [1.29, 1.82) is 0 Å². The molecule has 116 valence electrons. The number of benzene rings is 1. The molecule has 1 aromatic heterocycles. The van der Waals surface area contributed by atoms with E-state index in [1.54, 1.807) is 0 Å². The van der Waals surface area contributed by atoms with Crippen LogP contribution in [-0.2, 0) is 7.05 Å². The second kappa shape index (κ2) is 5.92. The fourth-order valence-corrected chi connectivity index (χ4v) is 1.87. The highest BCUT2D eigenvalue weighted by molar-refractivity contribution is 5.94. The topological polar surface area (TPSA) is 81.4 Å². The van der Waals surface area contributed by atoms with Crippen LogP contribution in [0.25, 0.3) is 0 Å². The van der Waals surface area contributed by atoms with E-state index in [1.165, 1.54) is 38.2 Å². The van der Waals surface area contributed by atoms with Crippen LogP contribution in [0.5, 0.6) is 11.6 Å². The van der Waals surface area contributed by atoms with Gasteiger partial charge in [-0.05, 0) is 31.2 Å². The summed E-state index contributed by atoms with van der Waals surface area (Å²) < 4.78 is 31.9. The van der Waals surface area contributed by atoms with Gasteiger partial charge in [-0.2, -0.15) is 5.10 Å². The Morgan fingerprint density at radius 2 is 1.86 bits per heavy atom. The molecule has 8 heteroatoms. The van der Waals surface area contributed by atoms with E-state index in [2.05, 4.69) is 5.10 Å². The number of aryl methyl sites for hydroxylation is 1. The number of alkyl halides is 2. The summed E-state index contributed by atoms with van der Waals surface area (Å²) in [5.41, 5.74) is -1.09. The number of aromatic carboxylic acids is 1. The molecule has 6 nitrogen and oxygen atoms in total. The van der Waals surface area contributed by atoms with Crippen LogP contribution in [0.1, 0.15) is 39.8 Å². The molecular formula is C14H12F2N2O4. The predicted molar refractivity (Wildman–Crippen MR) is 71.6 cm³/mol. The third-order valence-corrected chi connectivity index (χ3v) is 2.92. The maximum absolute atomic E-state index is 12.8. The number of carbonyl (C=O) groups is 2. The van der Waals surface area contributed by atoms with Crippen molar-refractivity contribution < 1.29 is 28.2 Å². The van der Waals surface area contributed by atoms with Gasteiger partial charge in [0.25, 0.3) is 6.43 Å². The molecule has 0 aliphatic rings. The molecule has 1 N–H and O–H groups in total. The first-order valence-corrected chi connectivity index (χ1v) is 6.18. The van der Waals surface area contributed by atoms with Crippen LogP contribution >= 0.6 is 0 Å². The minimum absolute atomic E-state index is 0.140. The number of hydrogen-bond donors (Lipinski definition) is 1. The molecule has 1 heterocycles. The number of carbonyl (C=O) groups excluding carboxylic acids is 1. The molecule has 0 saturated heterocycles. The SMILES string of the molecule is CC(=O)c1ccc(Oc2c(C(=O)O)c(C(F)F)nn2C)cc1. The van der Waals surface area contributed by atoms with Crippen molar-refractivity contribution in [3.63, 3.8) is 0 Å². The van der Waals surface area contributed by atoms with Gasteiger partial charge in [0, 0.05) is 12.6 Å². The van der Waals surface area contributed by atoms with Gasteiger partial charge < -0.3 is 9.84 Å². The summed E-state index contributed by atoms with van der Waals surface area (Å²) >= 11 is 0. The quantitative estimate of drug-likeness (QED) is 0.858. The highest BCUT2D eigenvalue weighted by Gasteiger charge is 2.29. The van der Waals surface area contributed by atoms with E-state index in [4.69, 9.17) is 9.84 Å². The number of carboxylic acid groups (broad SMARTS) is 1. The van der Waals surface area contributed by atoms with Crippen LogP contribution in [0.4, 0.5) is 8.78 Å². The van der Waals surface area contributed by atoms with Crippen LogP contribution in [0, 0.1) is 0 Å². The molecule has 1 aromatic carbocycles. The number of ketones is 1. The number of hydrogen-bond acceptors (Lipinski definition) is 4. The molecule has 0 fully saturated rings. The minimum Gasteiger partial charge on any atom is -0.477 e. The molecule has 2 aromatic rings. The van der Waals surface area contributed by atoms with Crippen LogP contribution in [0.15, 0.2) is 24.3 Å². The third-order valence-electron chi connectivity index (χ3n) is 2.92. The van der Waals surface area contributed by atoms with Crippen molar-refractivity contribution in [3.05, 3.63) is 41.1 Å². The zero-order valence-corrected chi connectivity index (χ0v) is 11.7. The van der Waals surface area contributed by atoms with E-state index >= 15 is 0 Å². The van der Waals surface area contributed by atoms with Gasteiger partial charge in [0.15, 0.2) is 11.3 Å². The maximum Gasteiger partial charge on any atom is 0.343 e. The predicted octanol–water partition coefficient (Wildman–Crippen LogP) is 3.05. The van der Waals surface area contributed by atoms with Crippen LogP contribution < -0.4 is 4.74 Å². The van der Waals surface area contributed by atoms with Crippen LogP contribution in [-0.4, -0.2) is 26.6 Å². The standard InChI is InChI=1S/C14H12F2N2O4/c1-7(19)8-3-5-9(6-4-8)22-13-10(14(20)21)11(12(15)16)17-18(13)2/h3-6,12H,1-2H3,(H,20,21). The summed E-state index contributed by atoms with van der Waals surface area (Å²) in [6.07, 6.45) is -3.03. The number of Topliss-reactive ketones (excluding diaryl/α,β-unsaturated/α-hetero) is 1. The average molecular weight is 310 g/mol. The average Bonchev–Trinajstić information content (AvgIpc) is 2.77. The van der Waals surface area contributed by atoms with Crippen molar-refractivity contribution in [1.82, 2.24) is 9.78 Å². The Morgan fingerprint density at radius 3 is 2.32 bits per heavy atom. The van der Waals surface area contributed by atoms with Crippen LogP contribution in [0.3, 0.4) is 0 Å². The molecule has 0 atom stereocenters. The first-order chi connectivity index (χ1) is 10.3. The summed E-state index contributed by atoms with van der Waals surface area (Å²) in [4.78, 5) is 22.4. The second-order valence-corrected chi connectivity index (χ2v) is 4.48. The summed E-state index contributed by atoms with van der Waals surface area (Å²) in [5, 5.41) is 12.6. The number of carboxylic acids is 1. The van der Waals surface area contributed by atoms with Gasteiger partial charge in [-0.15, -0.1) is 0 Å². The highest BCUT2D eigenvalue weighted by Crippen LogP contribution is 2.32.